The first-order chi connectivity index (χ1) is 25.0. The number of aromatic nitrogens is 3. The van der Waals surface area contributed by atoms with Crippen LogP contribution in [0.15, 0.2) is 42.6 Å². The van der Waals surface area contributed by atoms with E-state index in [4.69, 9.17) is 24.4 Å². The maximum atomic E-state index is 16.7. The van der Waals surface area contributed by atoms with E-state index in [1.54, 1.807) is 11.1 Å². The highest BCUT2D eigenvalue weighted by Crippen LogP contribution is 2.40. The second-order valence-electron chi connectivity index (χ2n) is 14.5. The molecule has 1 N–H and O–H groups in total. The van der Waals surface area contributed by atoms with Crippen LogP contribution in [0.5, 0.6) is 6.01 Å². The van der Waals surface area contributed by atoms with Crippen molar-refractivity contribution >= 4 is 33.6 Å². The van der Waals surface area contributed by atoms with Crippen LogP contribution in [0.3, 0.4) is 0 Å². The molecule has 0 saturated carbocycles. The molecule has 7 heterocycles. The zero-order valence-corrected chi connectivity index (χ0v) is 29.7. The zero-order chi connectivity index (χ0) is 35.0. The molecule has 51 heavy (non-hydrogen) atoms. The van der Waals surface area contributed by atoms with Crippen LogP contribution in [-0.2, 0) is 15.9 Å². The van der Waals surface area contributed by atoms with E-state index >= 15 is 4.39 Å². The lowest BCUT2D eigenvalue weighted by Crippen LogP contribution is -2.51. The number of halogens is 1. The minimum Gasteiger partial charge on any atom is -0.461 e. The van der Waals surface area contributed by atoms with Crippen LogP contribution < -0.4 is 15.0 Å². The predicted octanol–water partition coefficient (Wildman–Crippen LogP) is 5.58. The fourth-order valence-electron chi connectivity index (χ4n) is 8.93. The molecule has 11 nitrogen and oxygen atoms in total. The van der Waals surface area contributed by atoms with Gasteiger partial charge in [0.1, 0.15) is 23.6 Å². The van der Waals surface area contributed by atoms with Gasteiger partial charge in [0, 0.05) is 50.0 Å². The highest BCUT2D eigenvalue weighted by atomic mass is 19.1. The first-order valence-electron chi connectivity index (χ1n) is 18.6. The molecule has 2 aromatic heterocycles. The van der Waals surface area contributed by atoms with Gasteiger partial charge in [-0.3, -0.25) is 9.88 Å². The highest BCUT2D eigenvalue weighted by Gasteiger charge is 2.45. The highest BCUT2D eigenvalue weighted by molar-refractivity contribution is 6.00. The lowest BCUT2D eigenvalue weighted by atomic mass is 9.95. The largest absolute Gasteiger partial charge is 0.461 e. The third-order valence-corrected chi connectivity index (χ3v) is 11.5. The average molecular weight is 698 g/mol. The van der Waals surface area contributed by atoms with E-state index < -0.39 is 5.82 Å². The Kier molecular flexibility index (Phi) is 9.65. The van der Waals surface area contributed by atoms with Crippen molar-refractivity contribution in [3.8, 4) is 17.3 Å². The van der Waals surface area contributed by atoms with Crippen LogP contribution in [0.25, 0.3) is 32.9 Å². The summed E-state index contributed by atoms with van der Waals surface area (Å²) < 4.78 is 32.7. The van der Waals surface area contributed by atoms with Gasteiger partial charge >= 0.3 is 12.1 Å². The topological polar surface area (TPSA) is 105 Å². The van der Waals surface area contributed by atoms with Crippen molar-refractivity contribution in [2.75, 3.05) is 71.1 Å². The molecule has 5 aliphatic rings. The average Bonchev–Trinajstić information content (AvgIpc) is 3.87. The number of piperazine rings is 1. The zero-order valence-electron chi connectivity index (χ0n) is 29.7. The van der Waals surface area contributed by atoms with E-state index in [-0.39, 0.29) is 17.6 Å². The molecular formula is C39H48FN7O4. The number of carbonyl (C=O) groups excluding carboxylic acids is 1. The number of methoxy groups -OCH3 is 1. The minimum atomic E-state index is -0.408. The van der Waals surface area contributed by atoms with E-state index in [0.29, 0.717) is 61.6 Å². The number of ether oxygens (including phenoxy) is 3. The van der Waals surface area contributed by atoms with E-state index in [1.165, 1.54) is 25.5 Å². The molecule has 270 valence electrons. The molecule has 9 rings (SSSR count). The van der Waals surface area contributed by atoms with Gasteiger partial charge in [0.05, 0.1) is 31.2 Å². The van der Waals surface area contributed by atoms with Gasteiger partial charge in [0.25, 0.3) is 0 Å². The van der Waals surface area contributed by atoms with Crippen LogP contribution >= 0.6 is 0 Å². The molecular weight excluding hydrogens is 649 g/mol. The van der Waals surface area contributed by atoms with Gasteiger partial charge in [0.2, 0.25) is 0 Å². The van der Waals surface area contributed by atoms with Gasteiger partial charge < -0.3 is 29.3 Å². The smallest absolute Gasteiger partial charge is 0.409 e. The number of nitrogens with one attached hydrogen (secondary N) is 1. The number of fused-ring (bicyclic) bond motifs is 5. The maximum Gasteiger partial charge on any atom is 0.409 e. The summed E-state index contributed by atoms with van der Waals surface area (Å²) in [6, 6.07) is 13.4. The van der Waals surface area contributed by atoms with E-state index in [9.17, 15) is 4.79 Å². The molecule has 5 aliphatic heterocycles. The van der Waals surface area contributed by atoms with Crippen molar-refractivity contribution in [2.45, 2.75) is 69.5 Å². The number of morpholine rings is 1. The van der Waals surface area contributed by atoms with Gasteiger partial charge in [-0.25, -0.2) is 9.18 Å². The molecule has 5 saturated heterocycles. The summed E-state index contributed by atoms with van der Waals surface area (Å²) in [7, 11) is 1.39. The number of hydrogen-bond donors (Lipinski definition) is 1. The number of hydrogen-bond acceptors (Lipinski definition) is 10. The summed E-state index contributed by atoms with van der Waals surface area (Å²) in [6.07, 6.45) is 9.36. The van der Waals surface area contributed by atoms with Crippen LogP contribution in [0.1, 0.15) is 51.0 Å². The molecule has 4 aromatic rings. The predicted molar refractivity (Wildman–Crippen MR) is 195 cm³/mol. The number of anilines is 1. The molecule has 0 radical (unpaired) electrons. The summed E-state index contributed by atoms with van der Waals surface area (Å²) >= 11 is 0. The van der Waals surface area contributed by atoms with E-state index in [2.05, 4.69) is 51.0 Å². The Morgan fingerprint density at radius 3 is 2.45 bits per heavy atom. The van der Waals surface area contributed by atoms with Crippen LogP contribution in [0.2, 0.25) is 0 Å². The standard InChI is InChI=1S/C33H37FN6O.C6H11NO3/c1-2-21-7-3-8-22-9-4-10-25(27(21)22)29-28(34)30-26(17-35-29)31(39-18-23-11-12-24(19-39)36-23)38-32(37-30)41-20-33-13-5-15-40(33)16-6-14-33;1-9-6(8)7-2-4-10-5-3-7/h3-4,7-10,17,23-24,36H,2,5-6,11-16,18-20H2,1H3;2-5H2,1H3. The molecule has 12 heteroatoms. The Hall–Kier alpha value is -4.13. The molecule has 0 aliphatic carbocycles. The van der Waals surface area contributed by atoms with Crippen LogP contribution in [-0.4, -0.2) is 115 Å². The Labute approximate surface area is 298 Å². The number of rotatable bonds is 6. The third-order valence-electron chi connectivity index (χ3n) is 11.5. The monoisotopic (exact) mass is 697 g/mol. The SMILES string of the molecule is CCc1cccc2cccc(-c3ncc4c(N5CC6CCC(C5)N6)nc(OCC56CCCN5CCC6)nc4c3F)c12.COC(=O)N1CCOCC1. The summed E-state index contributed by atoms with van der Waals surface area (Å²) in [4.78, 5) is 31.8. The normalized spacial score (nSPS) is 22.6. The van der Waals surface area contributed by atoms with Gasteiger partial charge in [0.15, 0.2) is 5.82 Å². The Morgan fingerprint density at radius 2 is 1.75 bits per heavy atom. The lowest BCUT2D eigenvalue weighted by molar-refractivity contribution is 0.0334. The summed E-state index contributed by atoms with van der Waals surface area (Å²) in [5.41, 5.74) is 2.66. The quantitative estimate of drug-likeness (QED) is 0.275. The van der Waals surface area contributed by atoms with Crippen LogP contribution in [0, 0.1) is 5.82 Å². The molecule has 2 unspecified atom stereocenters. The van der Waals surface area contributed by atoms with Gasteiger partial charge in [-0.1, -0.05) is 43.3 Å². The summed E-state index contributed by atoms with van der Waals surface area (Å²) in [6.45, 7) is 9.15. The van der Waals surface area contributed by atoms with Gasteiger partial charge in [-0.05, 0) is 74.4 Å². The van der Waals surface area contributed by atoms with Crippen molar-refractivity contribution in [1.29, 1.82) is 0 Å². The second-order valence-corrected chi connectivity index (χ2v) is 14.5. The maximum absolute atomic E-state index is 16.7. The van der Waals surface area contributed by atoms with Crippen LogP contribution in [0.4, 0.5) is 15.0 Å². The van der Waals surface area contributed by atoms with Gasteiger partial charge in [-0.15, -0.1) is 0 Å². The number of pyridine rings is 1. The Bertz CT molecular complexity index is 1880. The molecule has 2 bridgehead atoms. The lowest BCUT2D eigenvalue weighted by Gasteiger charge is -2.34. The number of benzene rings is 2. The van der Waals surface area contributed by atoms with Gasteiger partial charge in [-0.2, -0.15) is 9.97 Å². The molecule has 2 atom stereocenters. The Balaban J connectivity index is 0.000000325. The number of aryl methyl sites for hydroxylation is 1. The number of amides is 1. The third kappa shape index (κ3) is 6.58. The van der Waals surface area contributed by atoms with Crippen molar-refractivity contribution in [3.63, 3.8) is 0 Å². The second kappa shape index (κ2) is 14.5. The molecule has 2 aromatic carbocycles. The van der Waals surface area contributed by atoms with E-state index in [0.717, 1.165) is 80.4 Å². The van der Waals surface area contributed by atoms with Crippen molar-refractivity contribution in [2.24, 2.45) is 0 Å². The first kappa shape index (κ1) is 34.0. The van der Waals surface area contributed by atoms with Crippen molar-refractivity contribution in [1.82, 2.24) is 30.1 Å². The summed E-state index contributed by atoms with van der Waals surface area (Å²) in [5, 5.41) is 6.49. The van der Waals surface area contributed by atoms with E-state index in [1.807, 2.05) is 12.1 Å². The molecule has 1 amide bonds. The number of nitrogens with zero attached hydrogens (tertiary/aromatic N) is 6. The molecule has 0 spiro atoms. The first-order valence-corrected chi connectivity index (χ1v) is 18.6. The van der Waals surface area contributed by atoms with Crippen molar-refractivity contribution in [3.05, 3.63) is 54.0 Å². The van der Waals surface area contributed by atoms with Crippen molar-refractivity contribution < 1.29 is 23.4 Å². The molecule has 5 fully saturated rings. The number of carbonyl (C=O) groups is 1. The Morgan fingerprint density at radius 1 is 1.02 bits per heavy atom. The summed E-state index contributed by atoms with van der Waals surface area (Å²) in [5.74, 6) is 0.328. The fraction of sp³-hybridized carbons (Fsp3) is 0.538. The minimum absolute atomic E-state index is 0.0636. The fourth-order valence-corrected chi connectivity index (χ4v) is 8.93.